The molecule has 0 fully saturated rings. The summed E-state index contributed by atoms with van der Waals surface area (Å²) in [7, 11) is 0. The largest absolute Gasteiger partial charge is 0.417 e. The van der Waals surface area contributed by atoms with Crippen LogP contribution in [0.1, 0.15) is 21.6 Å². The third kappa shape index (κ3) is 3.20. The lowest BCUT2D eigenvalue weighted by molar-refractivity contribution is -0.137. The Morgan fingerprint density at radius 3 is 2.50 bits per heavy atom. The minimum absolute atomic E-state index is 0.312. The zero-order valence-electron chi connectivity index (χ0n) is 10.1. The summed E-state index contributed by atoms with van der Waals surface area (Å²) in [6, 6.07) is 6.61. The van der Waals surface area contributed by atoms with Crippen molar-refractivity contribution in [3.8, 4) is 0 Å². The molecule has 0 saturated heterocycles. The zero-order chi connectivity index (χ0) is 14.8. The molecule has 0 spiro atoms. The number of ketones is 1. The van der Waals surface area contributed by atoms with E-state index in [2.05, 4.69) is 4.98 Å². The van der Waals surface area contributed by atoms with Gasteiger partial charge >= 0.3 is 6.18 Å². The summed E-state index contributed by atoms with van der Waals surface area (Å²) in [6.45, 7) is 0. The maximum absolute atomic E-state index is 13.1. The minimum atomic E-state index is -4.71. The molecule has 0 aliphatic rings. The SMILES string of the molecule is O=C(Cc1ccccn1)c1cc(F)ccc1C(F)(F)F. The van der Waals surface area contributed by atoms with Gasteiger partial charge in [-0.1, -0.05) is 6.07 Å². The van der Waals surface area contributed by atoms with Gasteiger partial charge in [-0.25, -0.2) is 4.39 Å². The Labute approximate surface area is 112 Å². The lowest BCUT2D eigenvalue weighted by Gasteiger charge is -2.12. The van der Waals surface area contributed by atoms with Gasteiger partial charge in [0, 0.05) is 17.5 Å². The predicted octanol–water partition coefficient (Wildman–Crippen LogP) is 3.66. The predicted molar refractivity (Wildman–Crippen MR) is 63.7 cm³/mol. The second-order valence-electron chi connectivity index (χ2n) is 4.11. The van der Waals surface area contributed by atoms with Gasteiger partial charge in [-0.05, 0) is 30.3 Å². The number of carbonyl (C=O) groups excluding carboxylic acids is 1. The van der Waals surface area contributed by atoms with Gasteiger partial charge in [0.1, 0.15) is 5.82 Å². The third-order valence-corrected chi connectivity index (χ3v) is 2.66. The molecule has 0 saturated carbocycles. The van der Waals surface area contributed by atoms with Crippen LogP contribution in [0.4, 0.5) is 17.6 Å². The Morgan fingerprint density at radius 2 is 1.90 bits per heavy atom. The molecule has 104 valence electrons. The first-order chi connectivity index (χ1) is 9.38. The van der Waals surface area contributed by atoms with Gasteiger partial charge in [0.15, 0.2) is 5.78 Å². The summed E-state index contributed by atoms with van der Waals surface area (Å²) >= 11 is 0. The number of halogens is 4. The molecule has 6 heteroatoms. The van der Waals surface area contributed by atoms with E-state index in [1.54, 1.807) is 12.1 Å². The van der Waals surface area contributed by atoms with Crippen molar-refractivity contribution in [1.29, 1.82) is 0 Å². The summed E-state index contributed by atoms with van der Waals surface area (Å²) in [5, 5.41) is 0. The summed E-state index contributed by atoms with van der Waals surface area (Å²) in [6.07, 6.45) is -3.59. The van der Waals surface area contributed by atoms with Crippen molar-refractivity contribution in [2.24, 2.45) is 0 Å². The summed E-state index contributed by atoms with van der Waals surface area (Å²) in [4.78, 5) is 15.8. The molecule has 1 aromatic heterocycles. The molecule has 0 atom stereocenters. The third-order valence-electron chi connectivity index (χ3n) is 2.66. The number of aromatic nitrogens is 1. The van der Waals surface area contributed by atoms with Crippen molar-refractivity contribution >= 4 is 5.78 Å². The number of hydrogen-bond acceptors (Lipinski definition) is 2. The monoisotopic (exact) mass is 283 g/mol. The summed E-state index contributed by atoms with van der Waals surface area (Å²) in [5.41, 5.74) is -1.49. The fraction of sp³-hybridized carbons (Fsp3) is 0.143. The molecule has 0 amide bonds. The van der Waals surface area contributed by atoms with E-state index in [0.29, 0.717) is 23.9 Å². The Kier molecular flexibility index (Phi) is 3.83. The van der Waals surface area contributed by atoms with E-state index in [9.17, 15) is 22.4 Å². The molecule has 20 heavy (non-hydrogen) atoms. The van der Waals surface area contributed by atoms with Gasteiger partial charge in [-0.15, -0.1) is 0 Å². The van der Waals surface area contributed by atoms with Crippen molar-refractivity contribution in [3.63, 3.8) is 0 Å². The highest BCUT2D eigenvalue weighted by Gasteiger charge is 2.35. The molecule has 0 radical (unpaired) electrons. The molecule has 0 bridgehead atoms. The number of hydrogen-bond donors (Lipinski definition) is 0. The molecule has 0 unspecified atom stereocenters. The molecule has 2 rings (SSSR count). The summed E-state index contributed by atoms with van der Waals surface area (Å²) in [5.74, 6) is -1.71. The molecular formula is C14H9F4NO. The van der Waals surface area contributed by atoms with Crippen LogP contribution >= 0.6 is 0 Å². The first-order valence-corrected chi connectivity index (χ1v) is 5.68. The molecule has 0 aliphatic carbocycles. The van der Waals surface area contributed by atoms with Gasteiger partial charge in [-0.2, -0.15) is 13.2 Å². The Balaban J connectivity index is 2.36. The van der Waals surface area contributed by atoms with E-state index in [-0.39, 0.29) is 6.42 Å². The number of alkyl halides is 3. The zero-order valence-corrected chi connectivity index (χ0v) is 10.1. The van der Waals surface area contributed by atoms with E-state index in [1.165, 1.54) is 12.3 Å². The van der Waals surface area contributed by atoms with E-state index < -0.39 is 28.9 Å². The number of benzene rings is 1. The van der Waals surface area contributed by atoms with Crippen LogP contribution in [-0.2, 0) is 12.6 Å². The van der Waals surface area contributed by atoms with Crippen LogP contribution in [0.2, 0.25) is 0 Å². The highest BCUT2D eigenvalue weighted by Crippen LogP contribution is 2.32. The van der Waals surface area contributed by atoms with Gasteiger partial charge in [0.2, 0.25) is 0 Å². The Bertz CT molecular complexity index is 623. The first kappa shape index (κ1) is 14.2. The van der Waals surface area contributed by atoms with Crippen LogP contribution in [0, 0.1) is 5.82 Å². The fourth-order valence-corrected chi connectivity index (χ4v) is 1.76. The van der Waals surface area contributed by atoms with Crippen LogP contribution in [0.3, 0.4) is 0 Å². The smallest absolute Gasteiger partial charge is 0.294 e. The topological polar surface area (TPSA) is 30.0 Å². The number of carbonyl (C=O) groups is 1. The quantitative estimate of drug-likeness (QED) is 0.635. The van der Waals surface area contributed by atoms with Crippen molar-refractivity contribution < 1.29 is 22.4 Å². The highest BCUT2D eigenvalue weighted by molar-refractivity contribution is 5.98. The number of nitrogens with zero attached hydrogens (tertiary/aromatic N) is 1. The lowest BCUT2D eigenvalue weighted by Crippen LogP contribution is -2.15. The van der Waals surface area contributed by atoms with Crippen LogP contribution in [0.25, 0.3) is 0 Å². The Morgan fingerprint density at radius 1 is 1.15 bits per heavy atom. The maximum atomic E-state index is 13.1. The number of Topliss-reactive ketones (excluding diaryl/α,β-unsaturated/α-hetero) is 1. The van der Waals surface area contributed by atoms with E-state index in [1.807, 2.05) is 0 Å². The number of rotatable bonds is 3. The van der Waals surface area contributed by atoms with E-state index in [4.69, 9.17) is 0 Å². The molecule has 1 heterocycles. The molecule has 2 aromatic rings. The molecule has 0 N–H and O–H groups in total. The van der Waals surface area contributed by atoms with Crippen LogP contribution < -0.4 is 0 Å². The standard InChI is InChI=1S/C14H9F4NO/c15-9-4-5-12(14(16,17)18)11(7-9)13(20)8-10-3-1-2-6-19-10/h1-7H,8H2. The molecule has 2 nitrogen and oxygen atoms in total. The van der Waals surface area contributed by atoms with Crippen molar-refractivity contribution in [2.75, 3.05) is 0 Å². The van der Waals surface area contributed by atoms with Crippen LogP contribution in [0.5, 0.6) is 0 Å². The summed E-state index contributed by atoms with van der Waals surface area (Å²) < 4.78 is 51.5. The second kappa shape index (κ2) is 5.40. The fourth-order valence-electron chi connectivity index (χ4n) is 1.76. The maximum Gasteiger partial charge on any atom is 0.417 e. The Hall–Kier alpha value is -2.24. The van der Waals surface area contributed by atoms with E-state index in [0.717, 1.165) is 0 Å². The lowest BCUT2D eigenvalue weighted by atomic mass is 9.99. The van der Waals surface area contributed by atoms with Crippen molar-refractivity contribution in [3.05, 3.63) is 65.2 Å². The minimum Gasteiger partial charge on any atom is -0.294 e. The van der Waals surface area contributed by atoms with Gasteiger partial charge in [0.25, 0.3) is 0 Å². The average molecular weight is 283 g/mol. The highest BCUT2D eigenvalue weighted by atomic mass is 19.4. The first-order valence-electron chi connectivity index (χ1n) is 5.68. The second-order valence-corrected chi connectivity index (χ2v) is 4.11. The van der Waals surface area contributed by atoms with Gasteiger partial charge < -0.3 is 0 Å². The average Bonchev–Trinajstić information content (AvgIpc) is 2.38. The van der Waals surface area contributed by atoms with Crippen LogP contribution in [0.15, 0.2) is 42.6 Å². The normalized spacial score (nSPS) is 11.4. The molecule has 0 aliphatic heterocycles. The van der Waals surface area contributed by atoms with Crippen LogP contribution in [-0.4, -0.2) is 10.8 Å². The molecule has 1 aromatic carbocycles. The van der Waals surface area contributed by atoms with Crippen molar-refractivity contribution in [2.45, 2.75) is 12.6 Å². The van der Waals surface area contributed by atoms with E-state index >= 15 is 0 Å². The van der Waals surface area contributed by atoms with Crippen molar-refractivity contribution in [1.82, 2.24) is 4.98 Å². The number of pyridine rings is 1. The van der Waals surface area contributed by atoms with Gasteiger partial charge in [0.05, 0.1) is 12.0 Å². The van der Waals surface area contributed by atoms with Gasteiger partial charge in [-0.3, -0.25) is 9.78 Å². The molecular weight excluding hydrogens is 274 g/mol.